The SMILES string of the molecule is CCCCCCCCCCCCCCCCCCCCC(=O)O[C@H](COC(=O)CCCCCCCCCCCCC(C)CC)COC(=O)CCCCCCCCCCCC(C)C. The Morgan fingerprint density at radius 2 is 0.613 bits per heavy atom. The summed E-state index contributed by atoms with van der Waals surface area (Å²) >= 11 is 0. The zero-order valence-electron chi connectivity index (χ0n) is 42.5. The highest BCUT2D eigenvalue weighted by atomic mass is 16.6. The van der Waals surface area contributed by atoms with Gasteiger partial charge in [0.05, 0.1) is 0 Å². The molecule has 0 N–H and O–H groups in total. The number of unbranched alkanes of at least 4 members (excludes halogenated alkanes) is 34. The van der Waals surface area contributed by atoms with Gasteiger partial charge in [0, 0.05) is 19.3 Å². The monoisotopic (exact) mass is 877 g/mol. The summed E-state index contributed by atoms with van der Waals surface area (Å²) in [6.07, 6.45) is 50.9. The smallest absolute Gasteiger partial charge is 0.306 e. The molecule has 0 spiro atoms. The van der Waals surface area contributed by atoms with E-state index in [2.05, 4.69) is 34.6 Å². The Kier molecular flexibility index (Phi) is 47.6. The first kappa shape index (κ1) is 60.4. The van der Waals surface area contributed by atoms with Crippen LogP contribution in [-0.2, 0) is 28.6 Å². The van der Waals surface area contributed by atoms with Crippen molar-refractivity contribution in [1.29, 1.82) is 0 Å². The van der Waals surface area contributed by atoms with Gasteiger partial charge in [-0.2, -0.15) is 0 Å². The lowest BCUT2D eigenvalue weighted by molar-refractivity contribution is -0.167. The van der Waals surface area contributed by atoms with E-state index >= 15 is 0 Å². The minimum Gasteiger partial charge on any atom is -0.462 e. The molecule has 2 atom stereocenters. The highest BCUT2D eigenvalue weighted by Gasteiger charge is 2.19. The lowest BCUT2D eigenvalue weighted by atomic mass is 9.99. The Hall–Kier alpha value is -1.59. The van der Waals surface area contributed by atoms with E-state index in [0.717, 1.165) is 69.6 Å². The van der Waals surface area contributed by atoms with Crippen LogP contribution in [0.3, 0.4) is 0 Å². The van der Waals surface area contributed by atoms with Crippen LogP contribution in [0.15, 0.2) is 0 Å². The molecule has 0 bridgehead atoms. The van der Waals surface area contributed by atoms with Crippen molar-refractivity contribution in [2.24, 2.45) is 11.8 Å². The summed E-state index contributed by atoms with van der Waals surface area (Å²) in [6, 6.07) is 0. The molecule has 0 aliphatic heterocycles. The van der Waals surface area contributed by atoms with Crippen molar-refractivity contribution in [2.75, 3.05) is 13.2 Å². The van der Waals surface area contributed by atoms with Gasteiger partial charge in [-0.1, -0.05) is 272 Å². The number of carbonyl (C=O) groups is 3. The third-order valence-corrected chi connectivity index (χ3v) is 13.1. The first-order valence-corrected chi connectivity index (χ1v) is 27.8. The van der Waals surface area contributed by atoms with E-state index < -0.39 is 6.10 Å². The second-order valence-electron chi connectivity index (χ2n) is 19.9. The van der Waals surface area contributed by atoms with E-state index in [-0.39, 0.29) is 31.1 Å². The van der Waals surface area contributed by atoms with Crippen molar-refractivity contribution in [3.63, 3.8) is 0 Å². The van der Waals surface area contributed by atoms with Crippen LogP contribution in [0.1, 0.15) is 311 Å². The molecule has 62 heavy (non-hydrogen) atoms. The first-order valence-electron chi connectivity index (χ1n) is 27.8. The number of ether oxygens (including phenoxy) is 3. The first-order chi connectivity index (χ1) is 30.3. The fourth-order valence-electron chi connectivity index (χ4n) is 8.49. The molecule has 0 aliphatic carbocycles. The van der Waals surface area contributed by atoms with Gasteiger partial charge in [-0.3, -0.25) is 14.4 Å². The van der Waals surface area contributed by atoms with Crippen LogP contribution in [-0.4, -0.2) is 37.2 Å². The van der Waals surface area contributed by atoms with Gasteiger partial charge in [-0.25, -0.2) is 0 Å². The fourth-order valence-corrected chi connectivity index (χ4v) is 8.49. The van der Waals surface area contributed by atoms with Crippen LogP contribution in [0.5, 0.6) is 0 Å². The van der Waals surface area contributed by atoms with E-state index in [0.29, 0.717) is 19.3 Å². The molecule has 0 aromatic rings. The quantitative estimate of drug-likeness (QED) is 0.0344. The molecule has 0 aliphatic rings. The predicted octanol–water partition coefficient (Wildman–Crippen LogP) is 18.1. The molecule has 0 aromatic carbocycles. The summed E-state index contributed by atoms with van der Waals surface area (Å²) in [5.74, 6) is 0.833. The molecule has 6 nitrogen and oxygen atoms in total. The molecular formula is C56H108O6. The molecule has 368 valence electrons. The minimum absolute atomic E-state index is 0.0637. The third-order valence-electron chi connectivity index (χ3n) is 13.1. The molecule has 0 fully saturated rings. The molecule has 0 amide bonds. The molecule has 0 heterocycles. The lowest BCUT2D eigenvalue weighted by Crippen LogP contribution is -2.30. The number of esters is 3. The van der Waals surface area contributed by atoms with Crippen molar-refractivity contribution in [3.8, 4) is 0 Å². The summed E-state index contributed by atoms with van der Waals surface area (Å²) < 4.78 is 16.9. The van der Waals surface area contributed by atoms with E-state index in [1.807, 2.05) is 0 Å². The van der Waals surface area contributed by atoms with Gasteiger partial charge in [0.1, 0.15) is 13.2 Å². The summed E-state index contributed by atoms with van der Waals surface area (Å²) in [6.45, 7) is 11.4. The van der Waals surface area contributed by atoms with Gasteiger partial charge in [0.25, 0.3) is 0 Å². The summed E-state index contributed by atoms with van der Waals surface area (Å²) in [7, 11) is 0. The highest BCUT2D eigenvalue weighted by Crippen LogP contribution is 2.18. The average Bonchev–Trinajstić information content (AvgIpc) is 3.26. The van der Waals surface area contributed by atoms with E-state index in [4.69, 9.17) is 14.2 Å². The third kappa shape index (κ3) is 47.9. The topological polar surface area (TPSA) is 78.9 Å². The molecule has 0 aromatic heterocycles. The Balaban J connectivity index is 4.30. The van der Waals surface area contributed by atoms with Gasteiger partial charge < -0.3 is 14.2 Å². The van der Waals surface area contributed by atoms with Crippen LogP contribution < -0.4 is 0 Å². The highest BCUT2D eigenvalue weighted by molar-refractivity contribution is 5.71. The van der Waals surface area contributed by atoms with Crippen LogP contribution in [0.2, 0.25) is 0 Å². The normalized spacial score (nSPS) is 12.5. The Labute approximate surface area is 387 Å². The second-order valence-corrected chi connectivity index (χ2v) is 19.9. The van der Waals surface area contributed by atoms with Crippen molar-refractivity contribution in [1.82, 2.24) is 0 Å². The lowest BCUT2D eigenvalue weighted by Gasteiger charge is -2.18. The van der Waals surface area contributed by atoms with Crippen molar-refractivity contribution in [3.05, 3.63) is 0 Å². The van der Waals surface area contributed by atoms with E-state index in [1.165, 1.54) is 199 Å². The number of hydrogen-bond donors (Lipinski definition) is 0. The van der Waals surface area contributed by atoms with Crippen LogP contribution in [0.25, 0.3) is 0 Å². The van der Waals surface area contributed by atoms with Crippen LogP contribution in [0.4, 0.5) is 0 Å². The van der Waals surface area contributed by atoms with Gasteiger partial charge in [-0.15, -0.1) is 0 Å². The van der Waals surface area contributed by atoms with Crippen LogP contribution in [0, 0.1) is 11.8 Å². The Morgan fingerprint density at radius 1 is 0.339 bits per heavy atom. The van der Waals surface area contributed by atoms with Crippen molar-refractivity contribution >= 4 is 17.9 Å². The maximum Gasteiger partial charge on any atom is 0.306 e. The molecule has 6 heteroatoms. The molecule has 0 radical (unpaired) electrons. The van der Waals surface area contributed by atoms with E-state index in [9.17, 15) is 14.4 Å². The van der Waals surface area contributed by atoms with Gasteiger partial charge in [0.2, 0.25) is 0 Å². The molecule has 0 rings (SSSR count). The summed E-state index contributed by atoms with van der Waals surface area (Å²) in [4.78, 5) is 38.0. The largest absolute Gasteiger partial charge is 0.462 e. The zero-order chi connectivity index (χ0) is 45.4. The van der Waals surface area contributed by atoms with Crippen molar-refractivity contribution in [2.45, 2.75) is 317 Å². The van der Waals surface area contributed by atoms with Gasteiger partial charge in [-0.05, 0) is 31.1 Å². The Morgan fingerprint density at radius 3 is 0.919 bits per heavy atom. The molecule has 0 saturated heterocycles. The minimum atomic E-state index is -0.762. The maximum atomic E-state index is 12.8. The van der Waals surface area contributed by atoms with Crippen molar-refractivity contribution < 1.29 is 28.6 Å². The van der Waals surface area contributed by atoms with Gasteiger partial charge >= 0.3 is 17.9 Å². The number of carbonyl (C=O) groups excluding carboxylic acids is 3. The number of hydrogen-bond acceptors (Lipinski definition) is 6. The Bertz CT molecular complexity index is 949. The molecular weight excluding hydrogens is 769 g/mol. The standard InChI is InChI=1S/C56H108O6/c1-6-8-9-10-11-12-13-14-15-16-17-18-19-20-27-33-38-43-48-56(59)62-53(50-61-55(58)47-42-37-32-28-23-24-29-34-39-44-51(3)4)49-60-54(57)46-41-36-31-26-22-21-25-30-35-40-45-52(5)7-2/h51-53H,6-50H2,1-5H3/t52?,53-/m1/s1. The summed E-state index contributed by atoms with van der Waals surface area (Å²) in [5, 5.41) is 0. The van der Waals surface area contributed by atoms with Crippen LogP contribution >= 0.6 is 0 Å². The van der Waals surface area contributed by atoms with Gasteiger partial charge in [0.15, 0.2) is 6.10 Å². The second kappa shape index (κ2) is 48.9. The predicted molar refractivity (Wildman–Crippen MR) is 266 cm³/mol. The maximum absolute atomic E-state index is 12.8. The average molecular weight is 877 g/mol. The fraction of sp³-hybridized carbons (Fsp3) is 0.946. The molecule has 1 unspecified atom stereocenters. The molecule has 0 saturated carbocycles. The van der Waals surface area contributed by atoms with E-state index in [1.54, 1.807) is 0 Å². The summed E-state index contributed by atoms with van der Waals surface area (Å²) in [5.41, 5.74) is 0. The zero-order valence-corrected chi connectivity index (χ0v) is 42.5. The number of rotatable bonds is 50.